The SMILES string of the molecule is Cc1ccc(C(=O)NCc2ccc(S(=O)(=O)N3CCCC3)s2)cc1F. The van der Waals surface area contributed by atoms with Crippen molar-refractivity contribution in [1.82, 2.24) is 9.62 Å². The first-order valence-electron chi connectivity index (χ1n) is 8.01. The lowest BCUT2D eigenvalue weighted by molar-refractivity contribution is 0.0951. The fourth-order valence-electron chi connectivity index (χ4n) is 2.65. The van der Waals surface area contributed by atoms with Crippen LogP contribution >= 0.6 is 11.3 Å². The third kappa shape index (κ3) is 3.91. The van der Waals surface area contributed by atoms with Crippen LogP contribution in [0.15, 0.2) is 34.5 Å². The molecule has 1 aliphatic heterocycles. The van der Waals surface area contributed by atoms with Crippen molar-refractivity contribution in [3.63, 3.8) is 0 Å². The molecule has 134 valence electrons. The topological polar surface area (TPSA) is 66.5 Å². The first-order valence-corrected chi connectivity index (χ1v) is 10.3. The van der Waals surface area contributed by atoms with Crippen molar-refractivity contribution < 1.29 is 17.6 Å². The Labute approximate surface area is 150 Å². The molecule has 2 heterocycles. The van der Waals surface area contributed by atoms with Crippen LogP contribution < -0.4 is 5.32 Å². The highest BCUT2D eigenvalue weighted by molar-refractivity contribution is 7.91. The zero-order chi connectivity index (χ0) is 18.0. The summed E-state index contributed by atoms with van der Waals surface area (Å²) in [6.07, 6.45) is 1.78. The van der Waals surface area contributed by atoms with E-state index in [-0.39, 0.29) is 12.1 Å². The van der Waals surface area contributed by atoms with Crippen LogP contribution in [0, 0.1) is 12.7 Å². The lowest BCUT2D eigenvalue weighted by Crippen LogP contribution is -2.27. The molecule has 3 rings (SSSR count). The van der Waals surface area contributed by atoms with Crippen molar-refractivity contribution in [3.05, 3.63) is 52.2 Å². The Morgan fingerprint density at radius 3 is 2.64 bits per heavy atom. The molecule has 1 aromatic heterocycles. The number of sulfonamides is 1. The summed E-state index contributed by atoms with van der Waals surface area (Å²) in [5.74, 6) is -0.820. The number of carbonyl (C=O) groups excluding carboxylic acids is 1. The van der Waals surface area contributed by atoms with Crippen molar-refractivity contribution in [2.24, 2.45) is 0 Å². The van der Waals surface area contributed by atoms with E-state index in [1.165, 1.54) is 10.4 Å². The Balaban J connectivity index is 1.65. The summed E-state index contributed by atoms with van der Waals surface area (Å²) in [6, 6.07) is 7.58. The third-order valence-electron chi connectivity index (χ3n) is 4.15. The summed E-state index contributed by atoms with van der Waals surface area (Å²) in [6.45, 7) is 2.95. The van der Waals surface area contributed by atoms with Crippen LogP contribution in [-0.2, 0) is 16.6 Å². The van der Waals surface area contributed by atoms with Crippen LogP contribution in [0.3, 0.4) is 0 Å². The number of rotatable bonds is 5. The molecule has 1 N–H and O–H groups in total. The van der Waals surface area contributed by atoms with Crippen molar-refractivity contribution in [1.29, 1.82) is 0 Å². The minimum Gasteiger partial charge on any atom is -0.347 e. The maximum atomic E-state index is 13.5. The van der Waals surface area contributed by atoms with Gasteiger partial charge in [-0.1, -0.05) is 6.07 Å². The Morgan fingerprint density at radius 1 is 1.24 bits per heavy atom. The minimum atomic E-state index is -3.43. The van der Waals surface area contributed by atoms with Gasteiger partial charge in [0.15, 0.2) is 0 Å². The second kappa shape index (κ2) is 7.23. The normalized spacial score (nSPS) is 15.4. The number of nitrogens with zero attached hydrogens (tertiary/aromatic N) is 1. The van der Waals surface area contributed by atoms with Crippen LogP contribution in [-0.4, -0.2) is 31.7 Å². The minimum absolute atomic E-state index is 0.203. The number of aryl methyl sites for hydroxylation is 1. The number of hydrogen-bond donors (Lipinski definition) is 1. The first-order chi connectivity index (χ1) is 11.9. The fraction of sp³-hybridized carbons (Fsp3) is 0.353. The second-order valence-corrected chi connectivity index (χ2v) is 9.31. The molecule has 0 saturated carbocycles. The molecule has 0 unspecified atom stereocenters. The molecule has 1 saturated heterocycles. The third-order valence-corrected chi connectivity index (χ3v) is 7.60. The molecule has 8 heteroatoms. The van der Waals surface area contributed by atoms with E-state index in [1.54, 1.807) is 31.2 Å². The molecule has 0 bridgehead atoms. The van der Waals surface area contributed by atoms with Gasteiger partial charge in [-0.3, -0.25) is 4.79 Å². The van der Waals surface area contributed by atoms with E-state index in [4.69, 9.17) is 0 Å². The summed E-state index contributed by atoms with van der Waals surface area (Å²) in [5, 5.41) is 2.69. The summed E-state index contributed by atoms with van der Waals surface area (Å²) < 4.78 is 40.3. The van der Waals surface area contributed by atoms with Gasteiger partial charge in [0.1, 0.15) is 10.0 Å². The van der Waals surface area contributed by atoms with Gasteiger partial charge in [0, 0.05) is 23.5 Å². The van der Waals surface area contributed by atoms with E-state index in [9.17, 15) is 17.6 Å². The number of nitrogens with one attached hydrogen (secondary N) is 1. The monoisotopic (exact) mass is 382 g/mol. The van der Waals surface area contributed by atoms with Gasteiger partial charge in [0.05, 0.1) is 6.54 Å². The molecule has 1 amide bonds. The van der Waals surface area contributed by atoms with Crippen LogP contribution in [0.2, 0.25) is 0 Å². The van der Waals surface area contributed by atoms with Gasteiger partial charge in [0.2, 0.25) is 0 Å². The van der Waals surface area contributed by atoms with E-state index in [1.807, 2.05) is 0 Å². The number of hydrogen-bond acceptors (Lipinski definition) is 4. The summed E-state index contributed by atoms with van der Waals surface area (Å²) in [4.78, 5) is 12.8. The lowest BCUT2D eigenvalue weighted by Gasteiger charge is -2.13. The van der Waals surface area contributed by atoms with Crippen molar-refractivity contribution in [2.75, 3.05) is 13.1 Å². The van der Waals surface area contributed by atoms with Crippen molar-refractivity contribution in [3.8, 4) is 0 Å². The number of amides is 1. The fourth-order valence-corrected chi connectivity index (χ4v) is 5.62. The number of carbonyl (C=O) groups is 1. The summed E-state index contributed by atoms with van der Waals surface area (Å²) >= 11 is 1.15. The highest BCUT2D eigenvalue weighted by Crippen LogP contribution is 2.27. The highest BCUT2D eigenvalue weighted by Gasteiger charge is 2.28. The number of benzene rings is 1. The van der Waals surface area contributed by atoms with Gasteiger partial charge in [-0.2, -0.15) is 4.31 Å². The molecule has 2 aromatic rings. The van der Waals surface area contributed by atoms with Crippen LogP contribution in [0.1, 0.15) is 33.6 Å². The summed E-state index contributed by atoms with van der Waals surface area (Å²) in [5.41, 5.74) is 0.719. The van der Waals surface area contributed by atoms with E-state index >= 15 is 0 Å². The van der Waals surface area contributed by atoms with Crippen molar-refractivity contribution in [2.45, 2.75) is 30.5 Å². The molecular weight excluding hydrogens is 363 g/mol. The number of halogens is 1. The molecule has 1 aliphatic rings. The molecule has 0 aliphatic carbocycles. The van der Waals surface area contributed by atoms with Gasteiger partial charge in [0.25, 0.3) is 15.9 Å². The molecule has 0 radical (unpaired) electrons. The van der Waals surface area contributed by atoms with Crippen LogP contribution in [0.25, 0.3) is 0 Å². The second-order valence-electron chi connectivity index (χ2n) is 5.98. The Kier molecular flexibility index (Phi) is 5.21. The van der Waals surface area contributed by atoms with E-state index in [0.29, 0.717) is 22.9 Å². The zero-order valence-electron chi connectivity index (χ0n) is 13.8. The van der Waals surface area contributed by atoms with Crippen LogP contribution in [0.5, 0.6) is 0 Å². The van der Waals surface area contributed by atoms with E-state index in [2.05, 4.69) is 5.32 Å². The predicted molar refractivity (Wildman–Crippen MR) is 94.6 cm³/mol. The van der Waals surface area contributed by atoms with Crippen molar-refractivity contribution >= 4 is 27.3 Å². The standard InChI is InChI=1S/C17H19FN2O3S2/c1-12-4-5-13(10-15(12)18)17(21)19-11-14-6-7-16(24-14)25(22,23)20-8-2-3-9-20/h4-7,10H,2-3,8-9,11H2,1H3,(H,19,21). The van der Waals surface area contributed by atoms with Gasteiger partial charge in [-0.25, -0.2) is 12.8 Å². The summed E-state index contributed by atoms with van der Waals surface area (Å²) in [7, 11) is -3.43. The quantitative estimate of drug-likeness (QED) is 0.865. The maximum absolute atomic E-state index is 13.5. The smallest absolute Gasteiger partial charge is 0.252 e. The Hall–Kier alpha value is -1.77. The van der Waals surface area contributed by atoms with E-state index < -0.39 is 21.7 Å². The van der Waals surface area contributed by atoms with Gasteiger partial charge < -0.3 is 5.32 Å². The maximum Gasteiger partial charge on any atom is 0.252 e. The molecule has 1 aromatic carbocycles. The molecule has 1 fully saturated rings. The average Bonchev–Trinajstić information content (AvgIpc) is 3.27. The molecule has 5 nitrogen and oxygen atoms in total. The highest BCUT2D eigenvalue weighted by atomic mass is 32.2. The van der Waals surface area contributed by atoms with E-state index in [0.717, 1.165) is 29.1 Å². The average molecular weight is 382 g/mol. The molecule has 25 heavy (non-hydrogen) atoms. The van der Waals surface area contributed by atoms with Gasteiger partial charge in [-0.05, 0) is 49.6 Å². The molecule has 0 atom stereocenters. The zero-order valence-corrected chi connectivity index (χ0v) is 15.4. The largest absolute Gasteiger partial charge is 0.347 e. The van der Waals surface area contributed by atoms with Crippen LogP contribution in [0.4, 0.5) is 4.39 Å². The van der Waals surface area contributed by atoms with Gasteiger partial charge in [-0.15, -0.1) is 11.3 Å². The Morgan fingerprint density at radius 2 is 1.96 bits per heavy atom. The van der Waals surface area contributed by atoms with Gasteiger partial charge >= 0.3 is 0 Å². The number of thiophene rings is 1. The lowest BCUT2D eigenvalue weighted by atomic mass is 10.1. The Bertz CT molecular complexity index is 887. The molecule has 0 spiro atoms. The first kappa shape index (κ1) is 18.0. The molecular formula is C17H19FN2O3S2. The predicted octanol–water partition coefficient (Wildman–Crippen LogP) is 2.91.